The number of aryl methyl sites for hydroxylation is 2. The fourth-order valence-corrected chi connectivity index (χ4v) is 2.21. The second-order valence-corrected chi connectivity index (χ2v) is 4.02. The Bertz CT molecular complexity index is 402. The van der Waals surface area contributed by atoms with Gasteiger partial charge in [0, 0.05) is 6.54 Å². The largest absolute Gasteiger partial charge is 0.384 e. The molecule has 2 heteroatoms. The van der Waals surface area contributed by atoms with E-state index in [2.05, 4.69) is 30.4 Å². The van der Waals surface area contributed by atoms with E-state index in [0.29, 0.717) is 0 Å². The van der Waals surface area contributed by atoms with E-state index >= 15 is 0 Å². The van der Waals surface area contributed by atoms with Crippen LogP contribution in [-0.4, -0.2) is 6.54 Å². The molecule has 0 heterocycles. The van der Waals surface area contributed by atoms with Crippen molar-refractivity contribution in [2.75, 3.05) is 11.9 Å². The van der Waals surface area contributed by atoms with Gasteiger partial charge in [0.1, 0.15) is 6.07 Å². The number of rotatable bonds is 2. The van der Waals surface area contributed by atoms with Crippen LogP contribution in [0.5, 0.6) is 0 Å². The summed E-state index contributed by atoms with van der Waals surface area (Å²) in [5.74, 6) is 0. The average molecular weight is 200 g/mol. The predicted molar refractivity (Wildman–Crippen MR) is 62.0 cm³/mol. The lowest BCUT2D eigenvalue weighted by Crippen LogP contribution is -2.06. The SMILES string of the molecule is CCNc1cc2c(cc1C#N)CCCC2. The lowest BCUT2D eigenvalue weighted by atomic mass is 9.90. The molecule has 2 rings (SSSR count). The summed E-state index contributed by atoms with van der Waals surface area (Å²) in [4.78, 5) is 0. The molecule has 0 bridgehead atoms. The Hall–Kier alpha value is -1.49. The van der Waals surface area contributed by atoms with Crippen LogP contribution in [0.25, 0.3) is 0 Å². The molecule has 0 atom stereocenters. The lowest BCUT2D eigenvalue weighted by Gasteiger charge is -2.18. The highest BCUT2D eigenvalue weighted by Gasteiger charge is 2.12. The highest BCUT2D eigenvalue weighted by atomic mass is 14.9. The molecular formula is C13H16N2. The summed E-state index contributed by atoms with van der Waals surface area (Å²) in [5, 5.41) is 12.3. The third kappa shape index (κ3) is 1.97. The van der Waals surface area contributed by atoms with E-state index in [0.717, 1.165) is 24.2 Å². The zero-order valence-corrected chi connectivity index (χ0v) is 9.14. The standard InChI is InChI=1S/C13H16N2/c1-2-15-13-8-11-6-4-3-5-10(11)7-12(13)9-14/h7-8,15H,2-6H2,1H3. The Morgan fingerprint density at radius 3 is 2.53 bits per heavy atom. The molecule has 0 radical (unpaired) electrons. The monoisotopic (exact) mass is 200 g/mol. The number of nitriles is 1. The molecule has 0 saturated heterocycles. The molecular weight excluding hydrogens is 184 g/mol. The highest BCUT2D eigenvalue weighted by molar-refractivity contribution is 5.61. The van der Waals surface area contributed by atoms with Gasteiger partial charge in [0.2, 0.25) is 0 Å². The third-order valence-corrected chi connectivity index (χ3v) is 2.97. The van der Waals surface area contributed by atoms with Crippen LogP contribution in [0.4, 0.5) is 5.69 Å². The summed E-state index contributed by atoms with van der Waals surface area (Å²) in [5.41, 5.74) is 4.59. The number of fused-ring (bicyclic) bond motifs is 1. The number of hydrogen-bond acceptors (Lipinski definition) is 2. The van der Waals surface area contributed by atoms with Crippen molar-refractivity contribution >= 4 is 5.69 Å². The van der Waals surface area contributed by atoms with Gasteiger partial charge in [-0.05, 0) is 55.9 Å². The van der Waals surface area contributed by atoms with E-state index in [-0.39, 0.29) is 0 Å². The molecule has 0 spiro atoms. The minimum atomic E-state index is 0.789. The van der Waals surface area contributed by atoms with Crippen molar-refractivity contribution in [1.82, 2.24) is 0 Å². The van der Waals surface area contributed by atoms with Crippen LogP contribution in [-0.2, 0) is 12.8 Å². The Kier molecular flexibility index (Phi) is 2.91. The van der Waals surface area contributed by atoms with Crippen LogP contribution >= 0.6 is 0 Å². The Labute approximate surface area is 90.9 Å². The summed E-state index contributed by atoms with van der Waals surface area (Å²) < 4.78 is 0. The second-order valence-electron chi connectivity index (χ2n) is 4.02. The van der Waals surface area contributed by atoms with Gasteiger partial charge in [-0.1, -0.05) is 0 Å². The van der Waals surface area contributed by atoms with Crippen molar-refractivity contribution in [3.63, 3.8) is 0 Å². The van der Waals surface area contributed by atoms with Crippen molar-refractivity contribution in [2.24, 2.45) is 0 Å². The fraction of sp³-hybridized carbons (Fsp3) is 0.462. The van der Waals surface area contributed by atoms with E-state index in [1.54, 1.807) is 0 Å². The van der Waals surface area contributed by atoms with E-state index in [1.165, 1.54) is 30.4 Å². The first-order valence-electron chi connectivity index (χ1n) is 5.65. The summed E-state index contributed by atoms with van der Waals surface area (Å²) in [7, 11) is 0. The zero-order chi connectivity index (χ0) is 10.7. The van der Waals surface area contributed by atoms with Crippen LogP contribution in [0, 0.1) is 11.3 Å². The molecule has 0 fully saturated rings. The van der Waals surface area contributed by atoms with Crippen LogP contribution < -0.4 is 5.32 Å². The van der Waals surface area contributed by atoms with E-state index in [9.17, 15) is 0 Å². The van der Waals surface area contributed by atoms with Gasteiger partial charge in [-0.3, -0.25) is 0 Å². The molecule has 0 aromatic heterocycles. The van der Waals surface area contributed by atoms with Crippen LogP contribution in [0.3, 0.4) is 0 Å². The maximum atomic E-state index is 9.06. The zero-order valence-electron chi connectivity index (χ0n) is 9.14. The van der Waals surface area contributed by atoms with E-state index in [4.69, 9.17) is 5.26 Å². The Morgan fingerprint density at radius 1 is 1.27 bits per heavy atom. The molecule has 1 aliphatic rings. The van der Waals surface area contributed by atoms with Crippen LogP contribution in [0.15, 0.2) is 12.1 Å². The number of benzene rings is 1. The lowest BCUT2D eigenvalue weighted by molar-refractivity contribution is 0.685. The van der Waals surface area contributed by atoms with Gasteiger partial charge >= 0.3 is 0 Å². The van der Waals surface area contributed by atoms with Gasteiger partial charge in [0.05, 0.1) is 11.3 Å². The number of nitrogens with zero attached hydrogens (tertiary/aromatic N) is 1. The maximum Gasteiger partial charge on any atom is 0.101 e. The van der Waals surface area contributed by atoms with Gasteiger partial charge in [-0.2, -0.15) is 5.26 Å². The molecule has 0 saturated carbocycles. The highest BCUT2D eigenvalue weighted by Crippen LogP contribution is 2.27. The predicted octanol–water partition coefficient (Wildman–Crippen LogP) is 2.87. The van der Waals surface area contributed by atoms with Crippen molar-refractivity contribution in [3.8, 4) is 6.07 Å². The molecule has 1 aliphatic carbocycles. The van der Waals surface area contributed by atoms with Gasteiger partial charge in [0.25, 0.3) is 0 Å². The fourth-order valence-electron chi connectivity index (χ4n) is 2.21. The first-order chi connectivity index (χ1) is 7.35. The molecule has 1 aromatic carbocycles. The van der Waals surface area contributed by atoms with Crippen LogP contribution in [0.2, 0.25) is 0 Å². The first-order valence-corrected chi connectivity index (χ1v) is 5.65. The van der Waals surface area contributed by atoms with E-state index < -0.39 is 0 Å². The van der Waals surface area contributed by atoms with Gasteiger partial charge in [-0.25, -0.2) is 0 Å². The quantitative estimate of drug-likeness (QED) is 0.796. The molecule has 0 amide bonds. The van der Waals surface area contributed by atoms with Crippen molar-refractivity contribution in [1.29, 1.82) is 5.26 Å². The summed E-state index contributed by atoms with van der Waals surface area (Å²) in [6.07, 6.45) is 4.85. The summed E-state index contributed by atoms with van der Waals surface area (Å²) >= 11 is 0. The topological polar surface area (TPSA) is 35.8 Å². The third-order valence-electron chi connectivity index (χ3n) is 2.97. The molecule has 2 nitrogen and oxygen atoms in total. The molecule has 0 unspecified atom stereocenters. The molecule has 1 aromatic rings. The summed E-state index contributed by atoms with van der Waals surface area (Å²) in [6.45, 7) is 2.92. The van der Waals surface area contributed by atoms with Gasteiger partial charge in [0.15, 0.2) is 0 Å². The molecule has 15 heavy (non-hydrogen) atoms. The van der Waals surface area contributed by atoms with Gasteiger partial charge < -0.3 is 5.32 Å². The second kappa shape index (κ2) is 4.35. The van der Waals surface area contributed by atoms with Crippen molar-refractivity contribution in [2.45, 2.75) is 32.6 Å². The van der Waals surface area contributed by atoms with Crippen molar-refractivity contribution in [3.05, 3.63) is 28.8 Å². The smallest absolute Gasteiger partial charge is 0.101 e. The first kappa shape index (κ1) is 10.0. The normalized spacial score (nSPS) is 14.1. The van der Waals surface area contributed by atoms with Crippen LogP contribution in [0.1, 0.15) is 36.5 Å². The number of nitrogens with one attached hydrogen (secondary N) is 1. The molecule has 78 valence electrons. The van der Waals surface area contributed by atoms with Gasteiger partial charge in [-0.15, -0.1) is 0 Å². The Morgan fingerprint density at radius 2 is 1.93 bits per heavy atom. The minimum Gasteiger partial charge on any atom is -0.384 e. The number of hydrogen-bond donors (Lipinski definition) is 1. The average Bonchev–Trinajstić information content (AvgIpc) is 2.28. The Balaban J connectivity index is 2.43. The number of anilines is 1. The summed E-state index contributed by atoms with van der Waals surface area (Å²) in [6, 6.07) is 6.49. The van der Waals surface area contributed by atoms with E-state index in [1.807, 2.05) is 0 Å². The molecule has 0 aliphatic heterocycles. The molecule has 1 N–H and O–H groups in total. The minimum absolute atomic E-state index is 0.789. The van der Waals surface area contributed by atoms with Crippen molar-refractivity contribution < 1.29 is 0 Å². The maximum absolute atomic E-state index is 9.06.